The van der Waals surface area contributed by atoms with E-state index in [1.165, 1.54) is 5.69 Å². The number of nitrogens with zero attached hydrogens (tertiary/aromatic N) is 2. The van der Waals surface area contributed by atoms with Crippen LogP contribution >= 0.6 is 0 Å². The van der Waals surface area contributed by atoms with Gasteiger partial charge < -0.3 is 10.3 Å². The van der Waals surface area contributed by atoms with Gasteiger partial charge in [0.2, 0.25) is 0 Å². The highest BCUT2D eigenvalue weighted by Crippen LogP contribution is 2.18. The highest BCUT2D eigenvalue weighted by atomic mass is 15.1. The van der Waals surface area contributed by atoms with Crippen molar-refractivity contribution in [3.63, 3.8) is 0 Å². The Morgan fingerprint density at radius 1 is 1.29 bits per heavy atom. The molecule has 1 heterocycles. The minimum atomic E-state index is 0.551. The monoisotopic (exact) mass is 229 g/mol. The van der Waals surface area contributed by atoms with E-state index < -0.39 is 0 Å². The maximum Gasteiger partial charge on any atom is 0.0994 e. The van der Waals surface area contributed by atoms with Crippen molar-refractivity contribution in [3.05, 3.63) is 48.0 Å². The topological polar surface area (TPSA) is 43.8 Å². The normalized spacial score (nSPS) is 11.1. The van der Waals surface area contributed by atoms with Crippen molar-refractivity contribution in [2.45, 2.75) is 26.8 Å². The minimum absolute atomic E-state index is 0.551. The number of rotatable bonds is 4. The Hall–Kier alpha value is -1.61. The van der Waals surface area contributed by atoms with Crippen LogP contribution in [0.2, 0.25) is 0 Å². The SMILES string of the molecule is CC(C)Cc1cncn1-c1ccccc1CN. The Kier molecular flexibility index (Phi) is 3.59. The molecule has 1 aromatic heterocycles. The van der Waals surface area contributed by atoms with E-state index in [4.69, 9.17) is 5.73 Å². The van der Waals surface area contributed by atoms with Gasteiger partial charge >= 0.3 is 0 Å². The molecule has 0 spiro atoms. The lowest BCUT2D eigenvalue weighted by Crippen LogP contribution is -2.07. The fourth-order valence-electron chi connectivity index (χ4n) is 2.03. The molecule has 17 heavy (non-hydrogen) atoms. The molecule has 0 radical (unpaired) electrons. The molecule has 2 aromatic rings. The van der Waals surface area contributed by atoms with Gasteiger partial charge in [-0.2, -0.15) is 0 Å². The lowest BCUT2D eigenvalue weighted by atomic mass is 10.1. The summed E-state index contributed by atoms with van der Waals surface area (Å²) in [6.45, 7) is 4.98. The third kappa shape index (κ3) is 2.56. The molecule has 0 saturated heterocycles. The Labute approximate surface area is 102 Å². The number of hydrogen-bond acceptors (Lipinski definition) is 2. The van der Waals surface area contributed by atoms with E-state index in [9.17, 15) is 0 Å². The van der Waals surface area contributed by atoms with E-state index in [1.807, 2.05) is 24.7 Å². The van der Waals surface area contributed by atoms with Crippen molar-refractivity contribution in [3.8, 4) is 5.69 Å². The zero-order valence-corrected chi connectivity index (χ0v) is 10.4. The third-order valence-corrected chi connectivity index (χ3v) is 2.80. The quantitative estimate of drug-likeness (QED) is 0.875. The Balaban J connectivity index is 2.42. The summed E-state index contributed by atoms with van der Waals surface area (Å²) in [7, 11) is 0. The van der Waals surface area contributed by atoms with Crippen molar-refractivity contribution in [1.29, 1.82) is 0 Å². The summed E-state index contributed by atoms with van der Waals surface area (Å²) >= 11 is 0. The molecule has 2 rings (SSSR count). The first-order valence-corrected chi connectivity index (χ1v) is 6.02. The van der Waals surface area contributed by atoms with Gasteiger partial charge in [0.15, 0.2) is 0 Å². The number of aromatic nitrogens is 2. The number of hydrogen-bond donors (Lipinski definition) is 1. The molecule has 3 nitrogen and oxygen atoms in total. The molecule has 0 unspecified atom stereocenters. The van der Waals surface area contributed by atoms with Crippen LogP contribution in [0.1, 0.15) is 25.1 Å². The van der Waals surface area contributed by atoms with Crippen molar-refractivity contribution in [1.82, 2.24) is 9.55 Å². The van der Waals surface area contributed by atoms with Gasteiger partial charge in [-0.05, 0) is 24.0 Å². The van der Waals surface area contributed by atoms with Crippen molar-refractivity contribution in [2.75, 3.05) is 0 Å². The molecule has 0 aliphatic carbocycles. The van der Waals surface area contributed by atoms with Gasteiger partial charge in [0.25, 0.3) is 0 Å². The van der Waals surface area contributed by atoms with Crippen LogP contribution in [-0.4, -0.2) is 9.55 Å². The molecule has 3 heteroatoms. The summed E-state index contributed by atoms with van der Waals surface area (Å²) in [5.74, 6) is 0.621. The van der Waals surface area contributed by atoms with E-state index in [-0.39, 0.29) is 0 Å². The molecule has 1 aromatic carbocycles. The van der Waals surface area contributed by atoms with Crippen molar-refractivity contribution in [2.24, 2.45) is 11.7 Å². The lowest BCUT2D eigenvalue weighted by Gasteiger charge is -2.13. The lowest BCUT2D eigenvalue weighted by molar-refractivity contribution is 0.626. The maximum absolute atomic E-state index is 5.77. The van der Waals surface area contributed by atoms with Crippen LogP contribution in [-0.2, 0) is 13.0 Å². The number of imidazole rings is 1. The fourth-order valence-corrected chi connectivity index (χ4v) is 2.03. The zero-order chi connectivity index (χ0) is 12.3. The molecular formula is C14H19N3. The van der Waals surface area contributed by atoms with Crippen LogP contribution in [0.15, 0.2) is 36.8 Å². The Bertz CT molecular complexity index is 486. The first-order chi connectivity index (χ1) is 8.22. The molecule has 0 saturated carbocycles. The predicted octanol–water partition coefficient (Wildman–Crippen LogP) is 2.53. The predicted molar refractivity (Wildman–Crippen MR) is 70.0 cm³/mol. The van der Waals surface area contributed by atoms with Gasteiger partial charge in [-0.1, -0.05) is 32.0 Å². The highest BCUT2D eigenvalue weighted by Gasteiger charge is 2.08. The van der Waals surface area contributed by atoms with Crippen LogP contribution in [0.25, 0.3) is 5.69 Å². The number of benzene rings is 1. The van der Waals surface area contributed by atoms with Crippen LogP contribution < -0.4 is 5.73 Å². The molecule has 90 valence electrons. The van der Waals surface area contributed by atoms with Gasteiger partial charge in [0, 0.05) is 18.4 Å². The molecule has 0 amide bonds. The molecule has 0 atom stereocenters. The summed E-state index contributed by atoms with van der Waals surface area (Å²) in [5, 5.41) is 0. The van der Waals surface area contributed by atoms with E-state index in [0.717, 1.165) is 17.7 Å². The first kappa shape index (κ1) is 11.9. The van der Waals surface area contributed by atoms with Crippen LogP contribution in [0.5, 0.6) is 0 Å². The largest absolute Gasteiger partial charge is 0.326 e. The molecular weight excluding hydrogens is 210 g/mol. The van der Waals surface area contributed by atoms with E-state index in [1.54, 1.807) is 0 Å². The van der Waals surface area contributed by atoms with Gasteiger partial charge in [-0.25, -0.2) is 4.98 Å². The smallest absolute Gasteiger partial charge is 0.0994 e. The summed E-state index contributed by atoms with van der Waals surface area (Å²) in [6, 6.07) is 8.21. The van der Waals surface area contributed by atoms with Gasteiger partial charge in [-0.15, -0.1) is 0 Å². The van der Waals surface area contributed by atoms with Gasteiger partial charge in [0.1, 0.15) is 0 Å². The third-order valence-electron chi connectivity index (χ3n) is 2.80. The first-order valence-electron chi connectivity index (χ1n) is 6.02. The maximum atomic E-state index is 5.77. The molecule has 0 aliphatic rings. The van der Waals surface area contributed by atoms with E-state index in [2.05, 4.69) is 35.5 Å². The summed E-state index contributed by atoms with van der Waals surface area (Å²) in [6.07, 6.45) is 4.83. The summed E-state index contributed by atoms with van der Waals surface area (Å²) in [4.78, 5) is 4.25. The average Bonchev–Trinajstić information content (AvgIpc) is 2.76. The van der Waals surface area contributed by atoms with Crippen LogP contribution in [0.4, 0.5) is 0 Å². The summed E-state index contributed by atoms with van der Waals surface area (Å²) in [5.41, 5.74) is 9.30. The van der Waals surface area contributed by atoms with Crippen LogP contribution in [0, 0.1) is 5.92 Å². The summed E-state index contributed by atoms with van der Waals surface area (Å²) < 4.78 is 2.14. The second kappa shape index (κ2) is 5.15. The van der Waals surface area contributed by atoms with E-state index in [0.29, 0.717) is 12.5 Å². The number of para-hydroxylation sites is 1. The van der Waals surface area contributed by atoms with E-state index >= 15 is 0 Å². The molecule has 0 bridgehead atoms. The van der Waals surface area contributed by atoms with Gasteiger partial charge in [0.05, 0.1) is 12.0 Å². The Morgan fingerprint density at radius 3 is 2.76 bits per heavy atom. The molecule has 0 fully saturated rings. The highest BCUT2D eigenvalue weighted by molar-refractivity contribution is 5.42. The Morgan fingerprint density at radius 2 is 2.06 bits per heavy atom. The van der Waals surface area contributed by atoms with Crippen LogP contribution in [0.3, 0.4) is 0 Å². The minimum Gasteiger partial charge on any atom is -0.326 e. The number of nitrogens with two attached hydrogens (primary N) is 1. The van der Waals surface area contributed by atoms with Gasteiger partial charge in [-0.3, -0.25) is 0 Å². The standard InChI is InChI=1S/C14H19N3/c1-11(2)7-13-9-16-10-17(13)14-6-4-3-5-12(14)8-15/h3-6,9-11H,7-8,15H2,1-2H3. The van der Waals surface area contributed by atoms with Crippen molar-refractivity contribution < 1.29 is 0 Å². The average molecular weight is 229 g/mol. The fraction of sp³-hybridized carbons (Fsp3) is 0.357. The second-order valence-electron chi connectivity index (χ2n) is 4.69. The second-order valence-corrected chi connectivity index (χ2v) is 4.69. The molecule has 0 aliphatic heterocycles. The zero-order valence-electron chi connectivity index (χ0n) is 10.4. The molecule has 2 N–H and O–H groups in total. The van der Waals surface area contributed by atoms with Crippen molar-refractivity contribution >= 4 is 0 Å².